The Labute approximate surface area is 96.0 Å². The van der Waals surface area contributed by atoms with Crippen molar-refractivity contribution < 1.29 is 14.7 Å². The average Bonchev–Trinajstić information content (AvgIpc) is 2.59. The molecule has 1 N–H and O–H groups in total. The zero-order chi connectivity index (χ0) is 12.3. The smallest absolute Gasteiger partial charge is 0.308 e. The first-order valence-electron chi connectivity index (χ1n) is 5.68. The van der Waals surface area contributed by atoms with Crippen LogP contribution in [0.2, 0.25) is 0 Å². The van der Waals surface area contributed by atoms with Crippen molar-refractivity contribution in [1.29, 1.82) is 0 Å². The standard InChI is InChI=1S/C11H20N2O3/c1-4-12(3)10(14)7-13-6-5-9(8(13)2)11(15)16/h8-9H,4-7H2,1-3H3,(H,15,16). The van der Waals surface area contributed by atoms with Crippen LogP contribution in [0.3, 0.4) is 0 Å². The normalized spacial score (nSPS) is 25.7. The van der Waals surface area contributed by atoms with Crippen LogP contribution in [-0.2, 0) is 9.59 Å². The third-order valence-corrected chi connectivity index (χ3v) is 3.44. The number of nitrogens with zero attached hydrogens (tertiary/aromatic N) is 2. The van der Waals surface area contributed by atoms with Crippen LogP contribution in [0.5, 0.6) is 0 Å². The van der Waals surface area contributed by atoms with Gasteiger partial charge in [-0.3, -0.25) is 14.5 Å². The van der Waals surface area contributed by atoms with Crippen LogP contribution in [0.25, 0.3) is 0 Å². The highest BCUT2D eigenvalue weighted by Crippen LogP contribution is 2.23. The van der Waals surface area contributed by atoms with Gasteiger partial charge in [-0.2, -0.15) is 0 Å². The van der Waals surface area contributed by atoms with E-state index in [2.05, 4.69) is 0 Å². The van der Waals surface area contributed by atoms with Crippen molar-refractivity contribution >= 4 is 11.9 Å². The second-order valence-corrected chi connectivity index (χ2v) is 4.35. The number of likely N-dealkylation sites (tertiary alicyclic amines) is 1. The summed E-state index contributed by atoms with van der Waals surface area (Å²) in [6.07, 6.45) is 0.639. The van der Waals surface area contributed by atoms with Crippen molar-refractivity contribution in [1.82, 2.24) is 9.80 Å². The Kier molecular flexibility index (Phi) is 4.29. The molecule has 1 saturated heterocycles. The van der Waals surface area contributed by atoms with E-state index in [-0.39, 0.29) is 17.9 Å². The number of carbonyl (C=O) groups excluding carboxylic acids is 1. The predicted molar refractivity (Wildman–Crippen MR) is 60.1 cm³/mol. The molecule has 0 bridgehead atoms. The van der Waals surface area contributed by atoms with Gasteiger partial charge in [0.2, 0.25) is 5.91 Å². The maximum atomic E-state index is 11.7. The van der Waals surface area contributed by atoms with Crippen LogP contribution < -0.4 is 0 Å². The molecule has 5 nitrogen and oxygen atoms in total. The fraction of sp³-hybridized carbons (Fsp3) is 0.818. The number of hydrogen-bond donors (Lipinski definition) is 1. The number of likely N-dealkylation sites (N-methyl/N-ethyl adjacent to an activating group) is 1. The van der Waals surface area contributed by atoms with Gasteiger partial charge in [-0.1, -0.05) is 0 Å². The van der Waals surface area contributed by atoms with E-state index < -0.39 is 5.97 Å². The second kappa shape index (κ2) is 5.30. The molecule has 0 radical (unpaired) electrons. The molecule has 0 aromatic heterocycles. The lowest BCUT2D eigenvalue weighted by atomic mass is 10.0. The predicted octanol–water partition coefficient (Wildman–Crippen LogP) is 0.260. The van der Waals surface area contributed by atoms with E-state index in [4.69, 9.17) is 5.11 Å². The minimum atomic E-state index is -0.758. The summed E-state index contributed by atoms with van der Waals surface area (Å²) in [5, 5.41) is 8.97. The van der Waals surface area contributed by atoms with E-state index >= 15 is 0 Å². The van der Waals surface area contributed by atoms with E-state index in [1.165, 1.54) is 0 Å². The summed E-state index contributed by atoms with van der Waals surface area (Å²) in [4.78, 5) is 26.2. The molecule has 5 heteroatoms. The molecule has 92 valence electrons. The highest BCUT2D eigenvalue weighted by molar-refractivity contribution is 5.78. The zero-order valence-corrected chi connectivity index (χ0v) is 10.1. The number of rotatable bonds is 4. The first-order valence-corrected chi connectivity index (χ1v) is 5.68. The molecule has 2 unspecified atom stereocenters. The number of carboxylic acid groups (broad SMARTS) is 1. The van der Waals surface area contributed by atoms with Gasteiger partial charge in [0.1, 0.15) is 0 Å². The van der Waals surface area contributed by atoms with E-state index in [9.17, 15) is 9.59 Å². The Hall–Kier alpha value is -1.10. The molecule has 1 amide bonds. The van der Waals surface area contributed by atoms with Gasteiger partial charge < -0.3 is 10.0 Å². The van der Waals surface area contributed by atoms with Gasteiger partial charge >= 0.3 is 5.97 Å². The van der Waals surface area contributed by atoms with E-state index in [1.54, 1.807) is 11.9 Å². The Morgan fingerprint density at radius 1 is 1.50 bits per heavy atom. The third-order valence-electron chi connectivity index (χ3n) is 3.44. The van der Waals surface area contributed by atoms with Crippen LogP contribution in [0.1, 0.15) is 20.3 Å². The van der Waals surface area contributed by atoms with E-state index in [1.807, 2.05) is 18.7 Å². The van der Waals surface area contributed by atoms with Crippen molar-refractivity contribution in [3.05, 3.63) is 0 Å². The van der Waals surface area contributed by atoms with Crippen molar-refractivity contribution in [2.45, 2.75) is 26.3 Å². The fourth-order valence-electron chi connectivity index (χ4n) is 2.03. The number of hydrogen-bond acceptors (Lipinski definition) is 3. The van der Waals surface area contributed by atoms with Crippen molar-refractivity contribution in [2.24, 2.45) is 5.92 Å². The highest BCUT2D eigenvalue weighted by atomic mass is 16.4. The molecule has 0 spiro atoms. The molecular weight excluding hydrogens is 208 g/mol. The van der Waals surface area contributed by atoms with Crippen molar-refractivity contribution in [2.75, 3.05) is 26.7 Å². The summed E-state index contributed by atoms with van der Waals surface area (Å²) in [6.45, 7) is 5.51. The summed E-state index contributed by atoms with van der Waals surface area (Å²) < 4.78 is 0. The number of carbonyl (C=O) groups is 2. The molecule has 1 aliphatic heterocycles. The average molecular weight is 228 g/mol. The van der Waals surface area contributed by atoms with E-state index in [0.717, 1.165) is 0 Å². The number of carboxylic acids is 1. The fourth-order valence-corrected chi connectivity index (χ4v) is 2.03. The second-order valence-electron chi connectivity index (χ2n) is 4.35. The first kappa shape index (κ1) is 13.0. The molecule has 0 saturated carbocycles. The van der Waals surface area contributed by atoms with Gasteiger partial charge in [0.15, 0.2) is 0 Å². The Bertz CT molecular complexity index is 280. The van der Waals surface area contributed by atoms with Gasteiger partial charge in [-0.05, 0) is 26.8 Å². The minimum Gasteiger partial charge on any atom is -0.481 e. The Balaban J connectivity index is 2.51. The van der Waals surface area contributed by atoms with Crippen LogP contribution in [-0.4, -0.2) is 59.5 Å². The monoisotopic (exact) mass is 228 g/mol. The van der Waals surface area contributed by atoms with Gasteiger partial charge in [0.05, 0.1) is 12.5 Å². The largest absolute Gasteiger partial charge is 0.481 e. The van der Waals surface area contributed by atoms with E-state index in [0.29, 0.717) is 26.1 Å². The lowest BCUT2D eigenvalue weighted by Gasteiger charge is -2.24. The topological polar surface area (TPSA) is 60.9 Å². The maximum absolute atomic E-state index is 11.7. The molecule has 1 heterocycles. The quantitative estimate of drug-likeness (QED) is 0.749. The van der Waals surface area contributed by atoms with Crippen LogP contribution in [0, 0.1) is 5.92 Å². The number of aliphatic carboxylic acids is 1. The lowest BCUT2D eigenvalue weighted by Crippen LogP contribution is -2.41. The summed E-state index contributed by atoms with van der Waals surface area (Å²) in [6, 6.07) is -0.0493. The Morgan fingerprint density at radius 3 is 2.56 bits per heavy atom. The summed E-state index contributed by atoms with van der Waals surface area (Å²) in [7, 11) is 1.76. The van der Waals surface area contributed by atoms with Gasteiger partial charge in [-0.25, -0.2) is 0 Å². The third kappa shape index (κ3) is 2.72. The number of amides is 1. The molecule has 0 aromatic rings. The minimum absolute atomic E-state index is 0.0493. The first-order chi connectivity index (χ1) is 7.47. The van der Waals surface area contributed by atoms with Gasteiger partial charge in [0.25, 0.3) is 0 Å². The van der Waals surface area contributed by atoms with Crippen LogP contribution in [0.15, 0.2) is 0 Å². The van der Waals surface area contributed by atoms with Crippen molar-refractivity contribution in [3.63, 3.8) is 0 Å². The van der Waals surface area contributed by atoms with Gasteiger partial charge in [0, 0.05) is 19.6 Å². The van der Waals surface area contributed by atoms with Gasteiger partial charge in [-0.15, -0.1) is 0 Å². The molecular formula is C11H20N2O3. The maximum Gasteiger partial charge on any atom is 0.308 e. The van der Waals surface area contributed by atoms with Crippen LogP contribution in [0.4, 0.5) is 0 Å². The molecule has 2 atom stereocenters. The summed E-state index contributed by atoms with van der Waals surface area (Å²) >= 11 is 0. The molecule has 0 aliphatic carbocycles. The molecule has 1 rings (SSSR count). The molecule has 1 aliphatic rings. The zero-order valence-electron chi connectivity index (χ0n) is 10.1. The Morgan fingerprint density at radius 2 is 2.12 bits per heavy atom. The molecule has 1 fully saturated rings. The molecule has 16 heavy (non-hydrogen) atoms. The highest BCUT2D eigenvalue weighted by Gasteiger charge is 2.36. The summed E-state index contributed by atoms with van der Waals surface area (Å²) in [5.41, 5.74) is 0. The summed E-state index contributed by atoms with van der Waals surface area (Å²) in [5.74, 6) is -1.04. The SMILES string of the molecule is CCN(C)C(=O)CN1CCC(C(=O)O)C1C. The van der Waals surface area contributed by atoms with Crippen LogP contribution >= 0.6 is 0 Å². The molecule has 0 aromatic carbocycles. The lowest BCUT2D eigenvalue weighted by molar-refractivity contribution is -0.143. The van der Waals surface area contributed by atoms with Crippen molar-refractivity contribution in [3.8, 4) is 0 Å².